The number of aliphatic hydroxyl groups excluding tert-OH is 1. The number of amides is 1. The molecule has 25 heavy (non-hydrogen) atoms. The summed E-state index contributed by atoms with van der Waals surface area (Å²) in [6, 6.07) is 3.31. The van der Waals surface area contributed by atoms with Gasteiger partial charge in [0, 0.05) is 32.8 Å². The molecule has 144 valence electrons. The van der Waals surface area contributed by atoms with Gasteiger partial charge >= 0.3 is 0 Å². The van der Waals surface area contributed by atoms with Crippen LogP contribution in [0, 0.1) is 5.92 Å². The fraction of sp³-hybridized carbons (Fsp3) is 0.647. The van der Waals surface area contributed by atoms with Crippen molar-refractivity contribution in [3.05, 3.63) is 24.2 Å². The van der Waals surface area contributed by atoms with Crippen molar-refractivity contribution in [2.24, 2.45) is 10.9 Å². The molecule has 0 saturated heterocycles. The van der Waals surface area contributed by atoms with Gasteiger partial charge in [0.25, 0.3) is 5.91 Å². The first-order chi connectivity index (χ1) is 11.7. The molecule has 1 amide bonds. The zero-order chi connectivity index (χ0) is 17.6. The molecule has 0 aromatic carbocycles. The standard InChI is InChI=1S/C17H30N4O3.HI/c1-3-6-14(8-11-22)13-21-17(18-4-2)20-10-9-19-16(23)15-7-5-12-24-15;/h5,7,12,14,22H,3-4,6,8-11,13H2,1-2H3,(H,19,23)(H2,18,20,21);1H. The van der Waals surface area contributed by atoms with Gasteiger partial charge in [0.15, 0.2) is 11.7 Å². The van der Waals surface area contributed by atoms with Crippen LogP contribution < -0.4 is 16.0 Å². The van der Waals surface area contributed by atoms with Crippen molar-refractivity contribution in [1.82, 2.24) is 16.0 Å². The molecule has 1 aromatic heterocycles. The maximum atomic E-state index is 11.7. The number of aliphatic imine (C=N–C) groups is 1. The van der Waals surface area contributed by atoms with Crippen LogP contribution in [0.4, 0.5) is 0 Å². The lowest BCUT2D eigenvalue weighted by Gasteiger charge is -2.15. The van der Waals surface area contributed by atoms with E-state index in [0.29, 0.717) is 31.3 Å². The molecule has 1 atom stereocenters. The average Bonchev–Trinajstić information content (AvgIpc) is 3.11. The fourth-order valence-electron chi connectivity index (χ4n) is 2.33. The van der Waals surface area contributed by atoms with E-state index >= 15 is 0 Å². The minimum absolute atomic E-state index is 0. The molecule has 0 fully saturated rings. The number of carbonyl (C=O) groups excluding carboxylic acids is 1. The Morgan fingerprint density at radius 3 is 2.60 bits per heavy atom. The molecule has 0 aliphatic carbocycles. The molecule has 0 aliphatic rings. The van der Waals surface area contributed by atoms with Crippen molar-refractivity contribution < 1.29 is 14.3 Å². The van der Waals surface area contributed by atoms with Gasteiger partial charge in [0.2, 0.25) is 0 Å². The summed E-state index contributed by atoms with van der Waals surface area (Å²) in [6.07, 6.45) is 4.39. The Hall–Kier alpha value is -1.29. The first kappa shape index (κ1) is 23.7. The Bertz CT molecular complexity index is 474. The van der Waals surface area contributed by atoms with Crippen LogP contribution >= 0.6 is 24.0 Å². The third kappa shape index (κ3) is 10.3. The second kappa shape index (κ2) is 15.0. The predicted molar refractivity (Wildman–Crippen MR) is 111 cm³/mol. The van der Waals surface area contributed by atoms with Gasteiger partial charge in [-0.3, -0.25) is 9.79 Å². The average molecular weight is 466 g/mol. The molecule has 0 spiro atoms. The van der Waals surface area contributed by atoms with Gasteiger partial charge in [-0.25, -0.2) is 0 Å². The largest absolute Gasteiger partial charge is 0.459 e. The Morgan fingerprint density at radius 2 is 2.00 bits per heavy atom. The lowest BCUT2D eigenvalue weighted by atomic mass is 10.0. The van der Waals surface area contributed by atoms with E-state index in [1.807, 2.05) is 6.92 Å². The Morgan fingerprint density at radius 1 is 1.24 bits per heavy atom. The number of halogens is 1. The number of guanidine groups is 1. The smallest absolute Gasteiger partial charge is 0.287 e. The molecule has 7 nitrogen and oxygen atoms in total. The van der Waals surface area contributed by atoms with Crippen LogP contribution in [0.2, 0.25) is 0 Å². The number of furan rings is 1. The third-order valence-corrected chi connectivity index (χ3v) is 3.53. The first-order valence-corrected chi connectivity index (χ1v) is 8.65. The Kier molecular flexibility index (Phi) is 14.2. The van der Waals surface area contributed by atoms with Gasteiger partial charge in [-0.05, 0) is 37.8 Å². The number of hydrogen-bond donors (Lipinski definition) is 4. The number of hydrogen-bond acceptors (Lipinski definition) is 4. The SMILES string of the molecule is CCCC(CCO)CN=C(NCC)NCCNC(=O)c1ccco1.I. The molecule has 1 rings (SSSR count). The summed E-state index contributed by atoms with van der Waals surface area (Å²) < 4.78 is 5.03. The highest BCUT2D eigenvalue weighted by Gasteiger charge is 2.08. The van der Waals surface area contributed by atoms with Gasteiger partial charge in [-0.2, -0.15) is 0 Å². The number of nitrogens with zero attached hydrogens (tertiary/aromatic N) is 1. The van der Waals surface area contributed by atoms with E-state index in [2.05, 4.69) is 27.9 Å². The summed E-state index contributed by atoms with van der Waals surface area (Å²) in [4.78, 5) is 16.3. The second-order valence-electron chi connectivity index (χ2n) is 5.55. The lowest BCUT2D eigenvalue weighted by molar-refractivity contribution is 0.0926. The molecule has 8 heteroatoms. The molecule has 1 aromatic rings. The molecule has 0 saturated carbocycles. The highest BCUT2D eigenvalue weighted by Crippen LogP contribution is 2.10. The van der Waals surface area contributed by atoms with Crippen LogP contribution in [0.5, 0.6) is 0 Å². The van der Waals surface area contributed by atoms with Crippen molar-refractivity contribution in [1.29, 1.82) is 0 Å². The molecule has 0 radical (unpaired) electrons. The van der Waals surface area contributed by atoms with Gasteiger partial charge in [-0.1, -0.05) is 13.3 Å². The van der Waals surface area contributed by atoms with Crippen LogP contribution in [-0.2, 0) is 0 Å². The van der Waals surface area contributed by atoms with Crippen molar-refractivity contribution >= 4 is 35.8 Å². The van der Waals surface area contributed by atoms with Gasteiger partial charge < -0.3 is 25.5 Å². The van der Waals surface area contributed by atoms with Gasteiger partial charge in [0.05, 0.1) is 6.26 Å². The van der Waals surface area contributed by atoms with Crippen LogP contribution in [0.15, 0.2) is 27.8 Å². The predicted octanol–water partition coefficient (Wildman–Crippen LogP) is 1.98. The van der Waals surface area contributed by atoms with Crippen LogP contribution in [0.3, 0.4) is 0 Å². The van der Waals surface area contributed by atoms with Crippen molar-refractivity contribution in [3.8, 4) is 0 Å². The highest BCUT2D eigenvalue weighted by atomic mass is 127. The minimum Gasteiger partial charge on any atom is -0.459 e. The number of nitrogens with one attached hydrogen (secondary N) is 3. The summed E-state index contributed by atoms with van der Waals surface area (Å²) in [6.45, 7) is 6.83. The molecule has 1 heterocycles. The van der Waals surface area contributed by atoms with E-state index in [1.54, 1.807) is 12.1 Å². The maximum Gasteiger partial charge on any atom is 0.287 e. The first-order valence-electron chi connectivity index (χ1n) is 8.65. The second-order valence-corrected chi connectivity index (χ2v) is 5.55. The van der Waals surface area contributed by atoms with Crippen LogP contribution in [0.25, 0.3) is 0 Å². The maximum absolute atomic E-state index is 11.7. The van der Waals surface area contributed by atoms with E-state index in [9.17, 15) is 4.79 Å². The summed E-state index contributed by atoms with van der Waals surface area (Å²) in [7, 11) is 0. The number of carbonyl (C=O) groups is 1. The van der Waals surface area contributed by atoms with E-state index in [0.717, 1.165) is 31.8 Å². The lowest BCUT2D eigenvalue weighted by Crippen LogP contribution is -2.41. The van der Waals surface area contributed by atoms with Gasteiger partial charge in [0.1, 0.15) is 0 Å². The zero-order valence-corrected chi connectivity index (χ0v) is 17.4. The number of rotatable bonds is 11. The van der Waals surface area contributed by atoms with E-state index in [4.69, 9.17) is 9.52 Å². The summed E-state index contributed by atoms with van der Waals surface area (Å²) in [5.74, 6) is 1.20. The minimum atomic E-state index is -0.227. The monoisotopic (exact) mass is 466 g/mol. The summed E-state index contributed by atoms with van der Waals surface area (Å²) in [5.41, 5.74) is 0. The fourth-order valence-corrected chi connectivity index (χ4v) is 2.33. The highest BCUT2D eigenvalue weighted by molar-refractivity contribution is 14.0. The molecule has 0 bridgehead atoms. The van der Waals surface area contributed by atoms with Crippen molar-refractivity contribution in [2.45, 2.75) is 33.1 Å². The molecule has 1 unspecified atom stereocenters. The molecule has 4 N–H and O–H groups in total. The summed E-state index contributed by atoms with van der Waals surface area (Å²) in [5, 5.41) is 18.3. The molecule has 0 aliphatic heterocycles. The Labute approximate surface area is 167 Å². The molecular weight excluding hydrogens is 435 g/mol. The van der Waals surface area contributed by atoms with Crippen LogP contribution in [0.1, 0.15) is 43.7 Å². The van der Waals surface area contributed by atoms with Crippen molar-refractivity contribution in [2.75, 3.05) is 32.8 Å². The Balaban J connectivity index is 0.00000576. The quantitative estimate of drug-likeness (QED) is 0.173. The number of aliphatic hydroxyl groups is 1. The summed E-state index contributed by atoms with van der Waals surface area (Å²) >= 11 is 0. The van der Waals surface area contributed by atoms with Crippen molar-refractivity contribution in [3.63, 3.8) is 0 Å². The van der Waals surface area contributed by atoms with Crippen LogP contribution in [-0.4, -0.2) is 49.8 Å². The van der Waals surface area contributed by atoms with E-state index < -0.39 is 0 Å². The zero-order valence-electron chi connectivity index (χ0n) is 15.1. The van der Waals surface area contributed by atoms with E-state index in [1.165, 1.54) is 6.26 Å². The normalized spacial score (nSPS) is 12.2. The third-order valence-electron chi connectivity index (χ3n) is 3.53. The van der Waals surface area contributed by atoms with Gasteiger partial charge in [-0.15, -0.1) is 24.0 Å². The topological polar surface area (TPSA) is 98.9 Å². The molecular formula is C17H31IN4O3. The van der Waals surface area contributed by atoms with E-state index in [-0.39, 0.29) is 36.5 Å².